The molecule has 1 aliphatic heterocycles. The van der Waals surface area contributed by atoms with E-state index in [1.165, 1.54) is 16.5 Å². The number of benzene rings is 1. The second-order valence-corrected chi connectivity index (χ2v) is 6.27. The molecular weight excluding hydrogens is 326 g/mol. The first-order chi connectivity index (χ1) is 12.8. The minimum Gasteiger partial charge on any atom is -0.477 e. The van der Waals surface area contributed by atoms with Crippen LogP contribution in [0.3, 0.4) is 0 Å². The third-order valence-electron chi connectivity index (χ3n) is 4.71. The van der Waals surface area contributed by atoms with Gasteiger partial charge in [0, 0.05) is 41.9 Å². The average Bonchev–Trinajstić information content (AvgIpc) is 3.12. The van der Waals surface area contributed by atoms with Gasteiger partial charge in [0.2, 0.25) is 5.88 Å². The summed E-state index contributed by atoms with van der Waals surface area (Å²) >= 11 is 0. The van der Waals surface area contributed by atoms with E-state index in [9.17, 15) is 4.79 Å². The van der Waals surface area contributed by atoms with Crippen LogP contribution in [-0.2, 0) is 0 Å². The smallest absolute Gasteiger partial charge is 0.259 e. The van der Waals surface area contributed by atoms with E-state index in [0.717, 1.165) is 11.9 Å². The second kappa shape index (κ2) is 7.04. The van der Waals surface area contributed by atoms with Crippen LogP contribution in [0.25, 0.3) is 16.5 Å². The van der Waals surface area contributed by atoms with Crippen molar-refractivity contribution in [1.29, 1.82) is 0 Å². The lowest BCUT2D eigenvalue weighted by Crippen LogP contribution is -2.35. The summed E-state index contributed by atoms with van der Waals surface area (Å²) in [6.45, 7) is 3.65. The van der Waals surface area contributed by atoms with Crippen molar-refractivity contribution in [3.63, 3.8) is 0 Å². The van der Waals surface area contributed by atoms with Crippen molar-refractivity contribution >= 4 is 22.4 Å². The number of amides is 1. The largest absolute Gasteiger partial charge is 0.477 e. The summed E-state index contributed by atoms with van der Waals surface area (Å²) < 4.78 is 5.50. The van der Waals surface area contributed by atoms with Crippen LogP contribution in [0.15, 0.2) is 54.9 Å². The minimum atomic E-state index is -0.0317. The standard InChI is InChI=1S/C21H21N3O2/c1-2-26-20-17(7-5-11-22-20)21(25)24-12-9-15(10-13-24)18-14-23-19-8-4-3-6-16(18)19/h3-9,11,14,23H,2,10,12-13H2,1H3. The number of pyridine rings is 1. The van der Waals surface area contributed by atoms with E-state index >= 15 is 0 Å². The Balaban J connectivity index is 1.55. The van der Waals surface area contributed by atoms with Gasteiger partial charge in [-0.15, -0.1) is 0 Å². The fourth-order valence-corrected chi connectivity index (χ4v) is 3.41. The van der Waals surface area contributed by atoms with Crippen LogP contribution < -0.4 is 4.74 Å². The van der Waals surface area contributed by atoms with Gasteiger partial charge < -0.3 is 14.6 Å². The molecule has 5 heteroatoms. The number of carbonyl (C=O) groups is 1. The number of H-pyrrole nitrogens is 1. The van der Waals surface area contributed by atoms with Gasteiger partial charge in [-0.1, -0.05) is 24.3 Å². The maximum atomic E-state index is 12.9. The summed E-state index contributed by atoms with van der Waals surface area (Å²) in [5.41, 5.74) is 4.17. The van der Waals surface area contributed by atoms with E-state index in [2.05, 4.69) is 40.4 Å². The lowest BCUT2D eigenvalue weighted by atomic mass is 9.98. The van der Waals surface area contributed by atoms with E-state index in [-0.39, 0.29) is 5.91 Å². The minimum absolute atomic E-state index is 0.0317. The number of rotatable bonds is 4. The zero-order valence-electron chi connectivity index (χ0n) is 14.7. The first kappa shape index (κ1) is 16.4. The molecule has 4 rings (SSSR count). The lowest BCUT2D eigenvalue weighted by Gasteiger charge is -2.27. The Labute approximate surface area is 152 Å². The predicted octanol–water partition coefficient (Wildman–Crippen LogP) is 3.89. The molecule has 3 aromatic rings. The molecule has 0 saturated heterocycles. The monoisotopic (exact) mass is 347 g/mol. The Morgan fingerprint density at radius 2 is 2.15 bits per heavy atom. The van der Waals surface area contributed by atoms with Crippen LogP contribution in [0.1, 0.15) is 29.3 Å². The van der Waals surface area contributed by atoms with Gasteiger partial charge >= 0.3 is 0 Å². The first-order valence-electron chi connectivity index (χ1n) is 8.90. The fraction of sp³-hybridized carbons (Fsp3) is 0.238. The molecule has 0 spiro atoms. The summed E-state index contributed by atoms with van der Waals surface area (Å²) in [5.74, 6) is 0.377. The fourth-order valence-electron chi connectivity index (χ4n) is 3.41. The Morgan fingerprint density at radius 3 is 2.96 bits per heavy atom. The molecule has 0 fully saturated rings. The molecule has 0 saturated carbocycles. The molecule has 132 valence electrons. The van der Waals surface area contributed by atoms with Crippen LogP contribution in [-0.4, -0.2) is 40.5 Å². The van der Waals surface area contributed by atoms with Crippen LogP contribution in [0.5, 0.6) is 5.88 Å². The number of carbonyl (C=O) groups excluding carboxylic acids is 1. The lowest BCUT2D eigenvalue weighted by molar-refractivity contribution is 0.0767. The van der Waals surface area contributed by atoms with E-state index in [0.29, 0.717) is 31.1 Å². The van der Waals surface area contributed by atoms with Crippen LogP contribution in [0.4, 0.5) is 0 Å². The van der Waals surface area contributed by atoms with Crippen molar-refractivity contribution in [2.24, 2.45) is 0 Å². The SMILES string of the molecule is CCOc1ncccc1C(=O)N1CC=C(c2c[nH]c3ccccc23)CC1. The van der Waals surface area contributed by atoms with E-state index in [1.807, 2.05) is 17.9 Å². The van der Waals surface area contributed by atoms with E-state index in [4.69, 9.17) is 4.74 Å². The van der Waals surface area contributed by atoms with Crippen molar-refractivity contribution in [3.8, 4) is 5.88 Å². The van der Waals surface area contributed by atoms with Crippen molar-refractivity contribution in [2.75, 3.05) is 19.7 Å². The van der Waals surface area contributed by atoms with Gasteiger partial charge in [0.15, 0.2) is 0 Å². The molecule has 1 N–H and O–H groups in total. The molecule has 2 aromatic heterocycles. The number of hydrogen-bond donors (Lipinski definition) is 1. The Kier molecular flexibility index (Phi) is 4.44. The van der Waals surface area contributed by atoms with Crippen molar-refractivity contribution in [1.82, 2.24) is 14.9 Å². The summed E-state index contributed by atoms with van der Waals surface area (Å²) in [4.78, 5) is 22.2. The number of aromatic amines is 1. The molecule has 1 aliphatic rings. The number of ether oxygens (including phenoxy) is 1. The summed E-state index contributed by atoms with van der Waals surface area (Å²) in [5, 5.41) is 1.23. The number of para-hydroxylation sites is 1. The molecule has 0 atom stereocenters. The topological polar surface area (TPSA) is 58.2 Å². The van der Waals surface area contributed by atoms with Gasteiger partial charge in [-0.25, -0.2) is 4.98 Å². The first-order valence-corrected chi connectivity index (χ1v) is 8.90. The Morgan fingerprint density at radius 1 is 1.27 bits per heavy atom. The van der Waals surface area contributed by atoms with E-state index < -0.39 is 0 Å². The molecule has 3 heterocycles. The zero-order valence-corrected chi connectivity index (χ0v) is 14.7. The van der Waals surface area contributed by atoms with Gasteiger partial charge in [0.25, 0.3) is 5.91 Å². The van der Waals surface area contributed by atoms with Crippen LogP contribution in [0, 0.1) is 0 Å². The van der Waals surface area contributed by atoms with Crippen molar-refractivity contribution in [3.05, 3.63) is 66.0 Å². The molecule has 0 aliphatic carbocycles. The molecule has 0 unspecified atom stereocenters. The maximum Gasteiger partial charge on any atom is 0.259 e. The van der Waals surface area contributed by atoms with Gasteiger partial charge in [0.1, 0.15) is 5.56 Å². The van der Waals surface area contributed by atoms with Gasteiger partial charge in [-0.3, -0.25) is 4.79 Å². The number of hydrogen-bond acceptors (Lipinski definition) is 3. The highest BCUT2D eigenvalue weighted by molar-refractivity contribution is 5.97. The molecule has 26 heavy (non-hydrogen) atoms. The Bertz CT molecular complexity index is 974. The van der Waals surface area contributed by atoms with Gasteiger partial charge in [0.05, 0.1) is 6.61 Å². The number of fused-ring (bicyclic) bond motifs is 1. The molecule has 0 radical (unpaired) electrons. The zero-order chi connectivity index (χ0) is 17.9. The molecule has 5 nitrogen and oxygen atoms in total. The Hall–Kier alpha value is -3.08. The third-order valence-corrected chi connectivity index (χ3v) is 4.71. The molecule has 0 bridgehead atoms. The second-order valence-electron chi connectivity index (χ2n) is 6.27. The maximum absolute atomic E-state index is 12.9. The van der Waals surface area contributed by atoms with Gasteiger partial charge in [-0.2, -0.15) is 0 Å². The predicted molar refractivity (Wildman–Crippen MR) is 102 cm³/mol. The van der Waals surface area contributed by atoms with Gasteiger partial charge in [-0.05, 0) is 37.1 Å². The summed E-state index contributed by atoms with van der Waals surface area (Å²) in [6, 6.07) is 11.8. The third kappa shape index (κ3) is 2.96. The highest BCUT2D eigenvalue weighted by Crippen LogP contribution is 2.30. The highest BCUT2D eigenvalue weighted by Gasteiger charge is 2.23. The molecule has 1 amide bonds. The molecule has 1 aromatic carbocycles. The number of nitrogens with one attached hydrogen (secondary N) is 1. The van der Waals surface area contributed by atoms with Crippen LogP contribution in [0.2, 0.25) is 0 Å². The van der Waals surface area contributed by atoms with Crippen molar-refractivity contribution < 1.29 is 9.53 Å². The summed E-state index contributed by atoms with van der Waals surface area (Å²) in [6.07, 6.45) is 6.68. The number of nitrogens with zero attached hydrogens (tertiary/aromatic N) is 2. The highest BCUT2D eigenvalue weighted by atomic mass is 16.5. The average molecular weight is 347 g/mol. The normalized spacial score (nSPS) is 14.3. The van der Waals surface area contributed by atoms with Crippen molar-refractivity contribution in [2.45, 2.75) is 13.3 Å². The quantitative estimate of drug-likeness (QED) is 0.779. The van der Waals surface area contributed by atoms with E-state index in [1.54, 1.807) is 18.3 Å². The van der Waals surface area contributed by atoms with Crippen LogP contribution >= 0.6 is 0 Å². The number of aromatic nitrogens is 2. The molecular formula is C21H21N3O2. The summed E-state index contributed by atoms with van der Waals surface area (Å²) in [7, 11) is 0.